The summed E-state index contributed by atoms with van der Waals surface area (Å²) in [5.74, 6) is 0.00282. The number of hydrogen-bond donors (Lipinski definition) is 2. The molecule has 0 unspecified atom stereocenters. The van der Waals surface area contributed by atoms with E-state index < -0.39 is 0 Å². The number of aliphatic hydroxyl groups excluding tert-OH is 1. The molecule has 72 valence electrons. The average molecular weight is 190 g/mol. The van der Waals surface area contributed by atoms with E-state index in [1.165, 1.54) is 18.3 Å². The summed E-state index contributed by atoms with van der Waals surface area (Å²) in [7, 11) is 0. The minimum absolute atomic E-state index is 0.00282. The zero-order valence-corrected chi connectivity index (χ0v) is 7.73. The van der Waals surface area contributed by atoms with Crippen LogP contribution in [-0.4, -0.2) is 15.2 Å². The van der Waals surface area contributed by atoms with Crippen LogP contribution in [0.4, 0.5) is 0 Å². The molecule has 4 nitrogen and oxygen atoms in total. The van der Waals surface area contributed by atoms with Crippen molar-refractivity contribution < 1.29 is 10.2 Å². The van der Waals surface area contributed by atoms with Crippen molar-refractivity contribution in [3.63, 3.8) is 0 Å². The molecule has 0 spiro atoms. The van der Waals surface area contributed by atoms with Gasteiger partial charge >= 0.3 is 0 Å². The summed E-state index contributed by atoms with van der Waals surface area (Å²) in [5.41, 5.74) is 1.42. The number of aryl methyl sites for hydroxylation is 1. The van der Waals surface area contributed by atoms with Crippen LogP contribution < -0.4 is 0 Å². The van der Waals surface area contributed by atoms with Gasteiger partial charge in [0.05, 0.1) is 18.4 Å². The van der Waals surface area contributed by atoms with Crippen LogP contribution in [0.15, 0.2) is 12.3 Å². The van der Waals surface area contributed by atoms with Crippen molar-refractivity contribution in [1.82, 2.24) is 4.98 Å². The van der Waals surface area contributed by atoms with Crippen LogP contribution in [0.5, 0.6) is 5.75 Å². The number of hydrogen-bond acceptors (Lipinski definition) is 4. The van der Waals surface area contributed by atoms with Crippen molar-refractivity contribution in [1.29, 1.82) is 5.26 Å². The fourth-order valence-electron chi connectivity index (χ4n) is 1.08. The second-order valence-electron chi connectivity index (χ2n) is 2.75. The maximum Gasteiger partial charge on any atom is 0.144 e. The second kappa shape index (κ2) is 4.40. The number of aliphatic hydroxyl groups is 1. The highest BCUT2D eigenvalue weighted by molar-refractivity contribution is 5.62. The second-order valence-corrected chi connectivity index (χ2v) is 2.75. The van der Waals surface area contributed by atoms with Crippen molar-refractivity contribution >= 4 is 6.08 Å². The molecule has 0 aliphatic heterocycles. The molecule has 1 aromatic rings. The standard InChI is InChI=1S/C10H10N2O2/c1-7-10(14)9(3-2-4-11)8(6-13)5-12-7/h2-3,5,13-14H,6H2,1H3. The lowest BCUT2D eigenvalue weighted by Gasteiger charge is -2.06. The normalized spacial score (nSPS) is 10.4. The largest absolute Gasteiger partial charge is 0.505 e. The molecular formula is C10H10N2O2. The van der Waals surface area contributed by atoms with Crippen LogP contribution in [-0.2, 0) is 6.61 Å². The smallest absolute Gasteiger partial charge is 0.144 e. The number of nitrogens with zero attached hydrogens (tertiary/aromatic N) is 2. The van der Waals surface area contributed by atoms with Gasteiger partial charge in [0.1, 0.15) is 5.75 Å². The topological polar surface area (TPSA) is 77.1 Å². The Morgan fingerprint density at radius 2 is 2.36 bits per heavy atom. The van der Waals surface area contributed by atoms with Gasteiger partial charge in [-0.25, -0.2) is 0 Å². The van der Waals surface area contributed by atoms with E-state index in [0.717, 1.165) is 0 Å². The van der Waals surface area contributed by atoms with Gasteiger partial charge in [0.15, 0.2) is 0 Å². The third-order valence-corrected chi connectivity index (χ3v) is 1.85. The quantitative estimate of drug-likeness (QED) is 0.685. The van der Waals surface area contributed by atoms with Crippen LogP contribution in [0, 0.1) is 18.3 Å². The van der Waals surface area contributed by atoms with Crippen LogP contribution in [0.2, 0.25) is 0 Å². The molecule has 0 saturated carbocycles. The minimum Gasteiger partial charge on any atom is -0.505 e. The Morgan fingerprint density at radius 1 is 1.64 bits per heavy atom. The molecule has 0 saturated heterocycles. The maximum atomic E-state index is 9.60. The van der Waals surface area contributed by atoms with Gasteiger partial charge < -0.3 is 10.2 Å². The highest BCUT2D eigenvalue weighted by Gasteiger charge is 2.07. The molecule has 0 aliphatic rings. The van der Waals surface area contributed by atoms with E-state index in [0.29, 0.717) is 16.8 Å². The monoisotopic (exact) mass is 190 g/mol. The Morgan fingerprint density at radius 3 is 2.93 bits per heavy atom. The van der Waals surface area contributed by atoms with Crippen LogP contribution in [0.25, 0.3) is 6.08 Å². The highest BCUT2D eigenvalue weighted by Crippen LogP contribution is 2.24. The van der Waals surface area contributed by atoms with Gasteiger partial charge in [-0.3, -0.25) is 4.98 Å². The Balaban J connectivity index is 3.29. The first kappa shape index (κ1) is 10.2. The average Bonchev–Trinajstić information content (AvgIpc) is 2.20. The van der Waals surface area contributed by atoms with Gasteiger partial charge in [-0.15, -0.1) is 0 Å². The summed E-state index contributed by atoms with van der Waals surface area (Å²) in [6.45, 7) is 1.44. The minimum atomic E-state index is -0.216. The summed E-state index contributed by atoms with van der Waals surface area (Å²) in [4.78, 5) is 3.89. The van der Waals surface area contributed by atoms with E-state index >= 15 is 0 Å². The van der Waals surface area contributed by atoms with Crippen molar-refractivity contribution in [2.24, 2.45) is 0 Å². The zero-order valence-electron chi connectivity index (χ0n) is 7.73. The first-order chi connectivity index (χ1) is 6.70. The highest BCUT2D eigenvalue weighted by atomic mass is 16.3. The van der Waals surface area contributed by atoms with E-state index in [9.17, 15) is 5.11 Å². The van der Waals surface area contributed by atoms with Gasteiger partial charge in [0.2, 0.25) is 0 Å². The summed E-state index contributed by atoms with van der Waals surface area (Å²) < 4.78 is 0. The molecule has 2 N–H and O–H groups in total. The molecule has 14 heavy (non-hydrogen) atoms. The molecular weight excluding hydrogens is 180 g/mol. The van der Waals surface area contributed by atoms with Crippen molar-refractivity contribution in [2.45, 2.75) is 13.5 Å². The van der Waals surface area contributed by atoms with E-state index in [1.54, 1.807) is 6.92 Å². The number of pyridine rings is 1. The number of allylic oxidation sites excluding steroid dienone is 1. The molecule has 0 aromatic carbocycles. The van der Waals surface area contributed by atoms with Crippen LogP contribution >= 0.6 is 0 Å². The fraction of sp³-hybridized carbons (Fsp3) is 0.200. The van der Waals surface area contributed by atoms with Crippen molar-refractivity contribution in [3.8, 4) is 11.8 Å². The van der Waals surface area contributed by atoms with Crippen LogP contribution in [0.3, 0.4) is 0 Å². The van der Waals surface area contributed by atoms with Crippen molar-refractivity contribution in [2.75, 3.05) is 0 Å². The summed E-state index contributed by atoms with van der Waals surface area (Å²) in [5, 5.41) is 26.9. The SMILES string of the molecule is Cc1ncc(CO)c(C=CC#N)c1O. The van der Waals surface area contributed by atoms with E-state index in [1.807, 2.05) is 6.07 Å². The number of rotatable bonds is 2. The molecule has 4 heteroatoms. The lowest BCUT2D eigenvalue weighted by Crippen LogP contribution is -1.94. The molecule has 0 aliphatic carbocycles. The Labute approximate surface area is 81.8 Å². The summed E-state index contributed by atoms with van der Waals surface area (Å²) in [6.07, 6.45) is 4.18. The zero-order chi connectivity index (χ0) is 10.6. The van der Waals surface area contributed by atoms with Gasteiger partial charge in [-0.2, -0.15) is 5.26 Å². The Bertz CT molecular complexity index is 405. The van der Waals surface area contributed by atoms with Gasteiger partial charge in [-0.05, 0) is 13.0 Å². The van der Waals surface area contributed by atoms with Gasteiger partial charge in [0.25, 0.3) is 0 Å². The third-order valence-electron chi connectivity index (χ3n) is 1.85. The predicted octanol–water partition coefficient (Wildman–Crippen LogP) is 1.12. The van der Waals surface area contributed by atoms with Crippen molar-refractivity contribution in [3.05, 3.63) is 29.1 Å². The number of aromatic hydroxyl groups is 1. The van der Waals surface area contributed by atoms with E-state index in [-0.39, 0.29) is 12.4 Å². The van der Waals surface area contributed by atoms with Crippen LogP contribution in [0.1, 0.15) is 16.8 Å². The first-order valence-electron chi connectivity index (χ1n) is 4.05. The molecule has 0 radical (unpaired) electrons. The third kappa shape index (κ3) is 1.90. The molecule has 1 aromatic heterocycles. The molecule has 0 fully saturated rings. The Hall–Kier alpha value is -1.86. The van der Waals surface area contributed by atoms with Gasteiger partial charge in [0, 0.05) is 23.4 Å². The molecule has 0 amide bonds. The van der Waals surface area contributed by atoms with Gasteiger partial charge in [-0.1, -0.05) is 0 Å². The summed E-state index contributed by atoms with van der Waals surface area (Å²) in [6, 6.07) is 1.82. The summed E-state index contributed by atoms with van der Waals surface area (Å²) >= 11 is 0. The number of aromatic nitrogens is 1. The van der Waals surface area contributed by atoms with E-state index in [4.69, 9.17) is 10.4 Å². The van der Waals surface area contributed by atoms with E-state index in [2.05, 4.69) is 4.98 Å². The maximum absolute atomic E-state index is 9.60. The first-order valence-corrected chi connectivity index (χ1v) is 4.05. The molecule has 0 atom stereocenters. The Kier molecular flexibility index (Phi) is 3.21. The lowest BCUT2D eigenvalue weighted by atomic mass is 10.1. The molecule has 1 heterocycles. The lowest BCUT2D eigenvalue weighted by molar-refractivity contribution is 0.280. The molecule has 1 rings (SSSR count). The fourth-order valence-corrected chi connectivity index (χ4v) is 1.08. The molecule has 0 bridgehead atoms. The predicted molar refractivity (Wildman–Crippen MR) is 51.2 cm³/mol. The number of nitriles is 1.